The number of hydrogen-bond acceptors (Lipinski definition) is 4. The van der Waals surface area contributed by atoms with Crippen molar-refractivity contribution in [3.8, 4) is 11.3 Å². The molecule has 7 heteroatoms. The number of hydrogen-bond donors (Lipinski definition) is 1. The van der Waals surface area contributed by atoms with E-state index in [-0.39, 0.29) is 5.69 Å². The molecule has 0 fully saturated rings. The molecular weight excluding hydrogens is 275 g/mol. The van der Waals surface area contributed by atoms with Crippen LogP contribution in [-0.4, -0.2) is 19.1 Å². The van der Waals surface area contributed by atoms with Crippen LogP contribution in [-0.2, 0) is 6.18 Å². The number of nitrogen functional groups attached to an aromatic ring is 1. The summed E-state index contributed by atoms with van der Waals surface area (Å²) in [5.41, 5.74) is 5.81. The Morgan fingerprint density at radius 1 is 1.26 bits per heavy atom. The Morgan fingerprint density at radius 3 is 2.42 bits per heavy atom. The molecule has 2 aromatic rings. The van der Waals surface area contributed by atoms with E-state index in [4.69, 9.17) is 5.73 Å². The van der Waals surface area contributed by atoms with Crippen molar-refractivity contribution in [2.75, 3.05) is 24.7 Å². The standard InChI is InChI=1S/C12H12F3N3S/c1-18(2)10-4-3-7(5-8(10)12(13,14)15)9-6-19-11(16)17-9/h3-6H,1-2H3,(H2,16,17). The van der Waals surface area contributed by atoms with E-state index in [1.165, 1.54) is 22.3 Å². The minimum Gasteiger partial charge on any atom is -0.377 e. The molecule has 2 N–H and O–H groups in total. The van der Waals surface area contributed by atoms with Crippen molar-refractivity contribution in [3.05, 3.63) is 29.1 Å². The molecule has 19 heavy (non-hydrogen) atoms. The Kier molecular flexibility index (Phi) is 3.40. The fourth-order valence-electron chi connectivity index (χ4n) is 1.73. The van der Waals surface area contributed by atoms with E-state index in [1.807, 2.05) is 0 Å². The third-order valence-electron chi connectivity index (χ3n) is 2.60. The minimum atomic E-state index is -4.41. The molecule has 0 atom stereocenters. The second-order valence-electron chi connectivity index (χ2n) is 4.20. The molecule has 0 saturated heterocycles. The fraction of sp³-hybridized carbons (Fsp3) is 0.250. The van der Waals surface area contributed by atoms with Gasteiger partial charge in [0, 0.05) is 30.7 Å². The Bertz CT molecular complexity index is 590. The van der Waals surface area contributed by atoms with Gasteiger partial charge in [-0.1, -0.05) is 6.07 Å². The van der Waals surface area contributed by atoms with Gasteiger partial charge in [0.1, 0.15) is 0 Å². The second kappa shape index (κ2) is 4.73. The van der Waals surface area contributed by atoms with Crippen molar-refractivity contribution in [2.24, 2.45) is 0 Å². The van der Waals surface area contributed by atoms with E-state index in [0.717, 1.165) is 6.07 Å². The predicted octanol–water partition coefficient (Wildman–Crippen LogP) is 3.48. The molecule has 102 valence electrons. The molecule has 1 aromatic heterocycles. The van der Waals surface area contributed by atoms with Gasteiger partial charge in [0.05, 0.1) is 11.3 Å². The van der Waals surface area contributed by atoms with E-state index in [1.54, 1.807) is 25.5 Å². The van der Waals surface area contributed by atoms with Crippen molar-refractivity contribution >= 4 is 22.2 Å². The second-order valence-corrected chi connectivity index (χ2v) is 5.08. The van der Waals surface area contributed by atoms with Gasteiger partial charge >= 0.3 is 6.18 Å². The van der Waals surface area contributed by atoms with Gasteiger partial charge in [-0.05, 0) is 12.1 Å². The number of thiazole rings is 1. The number of anilines is 2. The van der Waals surface area contributed by atoms with Crippen LogP contribution in [0.2, 0.25) is 0 Å². The Balaban J connectivity index is 2.56. The Morgan fingerprint density at radius 2 is 1.95 bits per heavy atom. The van der Waals surface area contributed by atoms with Crippen molar-refractivity contribution in [2.45, 2.75) is 6.18 Å². The van der Waals surface area contributed by atoms with Crippen LogP contribution in [0.15, 0.2) is 23.6 Å². The number of nitrogens with two attached hydrogens (primary N) is 1. The first kappa shape index (κ1) is 13.7. The van der Waals surface area contributed by atoms with Gasteiger partial charge in [0.25, 0.3) is 0 Å². The summed E-state index contributed by atoms with van der Waals surface area (Å²) in [6.07, 6.45) is -4.41. The van der Waals surface area contributed by atoms with Crippen molar-refractivity contribution < 1.29 is 13.2 Å². The summed E-state index contributed by atoms with van der Waals surface area (Å²) in [5.74, 6) is 0. The summed E-state index contributed by atoms with van der Waals surface area (Å²) < 4.78 is 39.1. The zero-order chi connectivity index (χ0) is 14.2. The summed E-state index contributed by atoms with van der Waals surface area (Å²) in [5, 5.41) is 1.97. The molecule has 1 heterocycles. The van der Waals surface area contributed by atoms with Gasteiger partial charge in [-0.25, -0.2) is 4.98 Å². The largest absolute Gasteiger partial charge is 0.418 e. The molecule has 3 nitrogen and oxygen atoms in total. The molecule has 1 aromatic carbocycles. The molecule has 0 amide bonds. The van der Waals surface area contributed by atoms with Crippen LogP contribution in [0.4, 0.5) is 24.0 Å². The SMILES string of the molecule is CN(C)c1ccc(-c2csc(N)n2)cc1C(F)(F)F. The molecule has 0 spiro atoms. The Labute approximate surface area is 112 Å². The predicted molar refractivity (Wildman–Crippen MR) is 71.3 cm³/mol. The van der Waals surface area contributed by atoms with Crippen LogP contribution >= 0.6 is 11.3 Å². The molecule has 0 aliphatic heterocycles. The molecule has 0 bridgehead atoms. The zero-order valence-corrected chi connectivity index (χ0v) is 11.1. The zero-order valence-electron chi connectivity index (χ0n) is 10.3. The molecular formula is C12H12F3N3S. The molecule has 0 radical (unpaired) electrons. The fourth-order valence-corrected chi connectivity index (χ4v) is 2.30. The van der Waals surface area contributed by atoms with E-state index < -0.39 is 11.7 Å². The third-order valence-corrected chi connectivity index (χ3v) is 3.28. The normalized spacial score (nSPS) is 11.6. The highest BCUT2D eigenvalue weighted by Gasteiger charge is 2.34. The molecule has 2 rings (SSSR count). The summed E-state index contributed by atoms with van der Waals surface area (Å²) >= 11 is 1.20. The van der Waals surface area contributed by atoms with E-state index in [2.05, 4.69) is 4.98 Å². The van der Waals surface area contributed by atoms with Crippen LogP contribution in [0, 0.1) is 0 Å². The lowest BCUT2D eigenvalue weighted by Gasteiger charge is -2.19. The van der Waals surface area contributed by atoms with Crippen molar-refractivity contribution in [1.82, 2.24) is 4.98 Å². The first-order valence-corrected chi connectivity index (χ1v) is 6.27. The van der Waals surface area contributed by atoms with Crippen molar-refractivity contribution in [3.63, 3.8) is 0 Å². The average molecular weight is 287 g/mol. The van der Waals surface area contributed by atoms with Gasteiger partial charge in [-0.15, -0.1) is 11.3 Å². The van der Waals surface area contributed by atoms with E-state index >= 15 is 0 Å². The van der Waals surface area contributed by atoms with Gasteiger partial charge in [0.15, 0.2) is 5.13 Å². The van der Waals surface area contributed by atoms with Gasteiger partial charge < -0.3 is 10.6 Å². The van der Waals surface area contributed by atoms with Crippen LogP contribution in [0.3, 0.4) is 0 Å². The first-order valence-electron chi connectivity index (χ1n) is 5.39. The lowest BCUT2D eigenvalue weighted by Crippen LogP contribution is -2.16. The van der Waals surface area contributed by atoms with Crippen LogP contribution in [0.5, 0.6) is 0 Å². The highest BCUT2D eigenvalue weighted by Crippen LogP contribution is 2.38. The smallest absolute Gasteiger partial charge is 0.377 e. The van der Waals surface area contributed by atoms with Crippen LogP contribution < -0.4 is 10.6 Å². The molecule has 0 aliphatic carbocycles. The monoisotopic (exact) mass is 287 g/mol. The highest BCUT2D eigenvalue weighted by atomic mass is 32.1. The third kappa shape index (κ3) is 2.81. The van der Waals surface area contributed by atoms with Gasteiger partial charge in [-0.3, -0.25) is 0 Å². The number of benzene rings is 1. The van der Waals surface area contributed by atoms with E-state index in [9.17, 15) is 13.2 Å². The topological polar surface area (TPSA) is 42.1 Å². The molecule has 0 aliphatic rings. The number of halogens is 3. The lowest BCUT2D eigenvalue weighted by atomic mass is 10.1. The number of nitrogens with zero attached hydrogens (tertiary/aromatic N) is 2. The Hall–Kier alpha value is -1.76. The molecule has 0 saturated carbocycles. The lowest BCUT2D eigenvalue weighted by molar-refractivity contribution is -0.137. The van der Waals surface area contributed by atoms with Crippen LogP contribution in [0.25, 0.3) is 11.3 Å². The van der Waals surface area contributed by atoms with E-state index in [0.29, 0.717) is 16.4 Å². The number of alkyl halides is 3. The van der Waals surface area contributed by atoms with Gasteiger partial charge in [-0.2, -0.15) is 13.2 Å². The number of rotatable bonds is 2. The van der Waals surface area contributed by atoms with Crippen molar-refractivity contribution in [1.29, 1.82) is 0 Å². The number of aromatic nitrogens is 1. The quantitative estimate of drug-likeness (QED) is 0.919. The van der Waals surface area contributed by atoms with Crippen LogP contribution in [0.1, 0.15) is 5.56 Å². The molecule has 0 unspecified atom stereocenters. The summed E-state index contributed by atoms with van der Waals surface area (Å²) in [7, 11) is 3.15. The summed E-state index contributed by atoms with van der Waals surface area (Å²) in [6, 6.07) is 4.15. The minimum absolute atomic E-state index is 0.124. The van der Waals surface area contributed by atoms with Gasteiger partial charge in [0.2, 0.25) is 0 Å². The first-order chi connectivity index (χ1) is 8.79. The average Bonchev–Trinajstić information content (AvgIpc) is 2.74. The highest BCUT2D eigenvalue weighted by molar-refractivity contribution is 7.13. The maximum absolute atomic E-state index is 13.0. The summed E-state index contributed by atoms with van der Waals surface area (Å²) in [4.78, 5) is 5.43. The maximum Gasteiger partial charge on any atom is 0.418 e. The summed E-state index contributed by atoms with van der Waals surface area (Å²) in [6.45, 7) is 0. The maximum atomic E-state index is 13.0.